The quantitative estimate of drug-likeness (QED) is 0.355. The molecule has 1 aliphatic heterocycles. The summed E-state index contributed by atoms with van der Waals surface area (Å²) in [6, 6.07) is 14.7. The van der Waals surface area contributed by atoms with Crippen molar-refractivity contribution < 1.29 is 19.4 Å². The monoisotopic (exact) mass is 463 g/mol. The molecule has 0 saturated carbocycles. The maximum atomic E-state index is 13.3. The molecule has 2 aromatic carbocycles. The lowest BCUT2D eigenvalue weighted by atomic mass is 9.95. The number of benzene rings is 2. The van der Waals surface area contributed by atoms with Crippen LogP contribution in [-0.4, -0.2) is 53.0 Å². The number of rotatable bonds is 12. The summed E-state index contributed by atoms with van der Waals surface area (Å²) in [5.41, 5.74) is 3.43. The van der Waals surface area contributed by atoms with E-state index in [1.54, 1.807) is 19.2 Å². The Morgan fingerprint density at radius 3 is 2.56 bits per heavy atom. The molecular weight excluding hydrogens is 430 g/mol. The lowest BCUT2D eigenvalue weighted by Crippen LogP contribution is -2.31. The summed E-state index contributed by atoms with van der Waals surface area (Å²) in [5, 5.41) is 17.8. The number of aromatic amines is 1. The molecule has 0 saturated heterocycles. The Kier molecular flexibility index (Phi) is 7.85. The van der Waals surface area contributed by atoms with E-state index in [1.165, 1.54) is 19.3 Å². The fraction of sp³-hybridized carbons (Fsp3) is 0.407. The first-order valence-corrected chi connectivity index (χ1v) is 12.0. The van der Waals surface area contributed by atoms with Crippen molar-refractivity contribution >= 4 is 5.91 Å². The zero-order chi connectivity index (χ0) is 23.9. The van der Waals surface area contributed by atoms with Crippen LogP contribution in [0, 0.1) is 0 Å². The lowest BCUT2D eigenvalue weighted by Gasteiger charge is -2.26. The van der Waals surface area contributed by atoms with E-state index in [0.29, 0.717) is 36.7 Å². The van der Waals surface area contributed by atoms with Gasteiger partial charge in [-0.05, 0) is 42.7 Å². The van der Waals surface area contributed by atoms with E-state index in [1.807, 2.05) is 41.3 Å². The molecule has 1 aromatic heterocycles. The van der Waals surface area contributed by atoms with E-state index < -0.39 is 0 Å². The minimum Gasteiger partial charge on any atom is -0.507 e. The molecule has 180 valence electrons. The summed E-state index contributed by atoms with van der Waals surface area (Å²) in [7, 11) is 1.66. The van der Waals surface area contributed by atoms with Gasteiger partial charge in [0.25, 0.3) is 5.91 Å². The van der Waals surface area contributed by atoms with E-state index >= 15 is 0 Å². The Morgan fingerprint density at radius 2 is 1.82 bits per heavy atom. The maximum Gasteiger partial charge on any atom is 0.273 e. The van der Waals surface area contributed by atoms with Gasteiger partial charge >= 0.3 is 0 Å². The Morgan fingerprint density at radius 1 is 1.03 bits per heavy atom. The maximum absolute atomic E-state index is 13.3. The highest BCUT2D eigenvalue weighted by molar-refractivity contribution is 6.00. The van der Waals surface area contributed by atoms with Crippen LogP contribution in [0.25, 0.3) is 11.3 Å². The second-order valence-corrected chi connectivity index (χ2v) is 8.60. The van der Waals surface area contributed by atoms with Crippen molar-refractivity contribution in [1.29, 1.82) is 0 Å². The number of hydrogen-bond donors (Lipinski definition) is 2. The molecule has 0 radical (unpaired) electrons. The van der Waals surface area contributed by atoms with E-state index in [2.05, 4.69) is 17.1 Å². The molecule has 0 bridgehead atoms. The molecule has 1 atom stereocenters. The molecule has 1 aliphatic rings. The second-order valence-electron chi connectivity index (χ2n) is 8.60. The summed E-state index contributed by atoms with van der Waals surface area (Å²) >= 11 is 0. The van der Waals surface area contributed by atoms with E-state index in [-0.39, 0.29) is 17.7 Å². The van der Waals surface area contributed by atoms with Crippen molar-refractivity contribution in [1.82, 2.24) is 15.1 Å². The van der Waals surface area contributed by atoms with Crippen LogP contribution in [0.5, 0.6) is 11.5 Å². The SMILES string of the molecule is CCCCCCOc1ccc(C2c3c(-c4ccccc4O)n[nH]c3C(=O)N2CCCOC)cc1. The zero-order valence-corrected chi connectivity index (χ0v) is 19.9. The van der Waals surface area contributed by atoms with Crippen LogP contribution in [0.3, 0.4) is 0 Å². The summed E-state index contributed by atoms with van der Waals surface area (Å²) in [6.07, 6.45) is 5.37. The van der Waals surface area contributed by atoms with Crippen LogP contribution in [-0.2, 0) is 4.74 Å². The van der Waals surface area contributed by atoms with E-state index in [4.69, 9.17) is 9.47 Å². The first-order chi connectivity index (χ1) is 16.7. The smallest absolute Gasteiger partial charge is 0.273 e. The average molecular weight is 464 g/mol. The topological polar surface area (TPSA) is 87.7 Å². The molecule has 7 nitrogen and oxygen atoms in total. The highest BCUT2D eigenvalue weighted by Gasteiger charge is 2.42. The third kappa shape index (κ3) is 4.94. The number of nitrogens with zero attached hydrogens (tertiary/aromatic N) is 2. The molecule has 0 spiro atoms. The molecule has 2 heterocycles. The van der Waals surface area contributed by atoms with Crippen molar-refractivity contribution in [2.75, 3.05) is 26.9 Å². The van der Waals surface area contributed by atoms with Crippen LogP contribution in [0.4, 0.5) is 0 Å². The molecule has 2 N–H and O–H groups in total. The Labute approximate surface area is 200 Å². The summed E-state index contributed by atoms with van der Waals surface area (Å²) in [5.74, 6) is 0.859. The minimum absolute atomic E-state index is 0.0958. The van der Waals surface area contributed by atoms with Gasteiger partial charge in [0.1, 0.15) is 22.9 Å². The largest absolute Gasteiger partial charge is 0.507 e. The fourth-order valence-corrected chi connectivity index (χ4v) is 4.50. The van der Waals surface area contributed by atoms with Gasteiger partial charge < -0.3 is 19.5 Å². The van der Waals surface area contributed by atoms with Crippen LogP contribution in [0.15, 0.2) is 48.5 Å². The van der Waals surface area contributed by atoms with Gasteiger partial charge in [-0.25, -0.2) is 0 Å². The standard InChI is InChI=1S/C27H33N3O4/c1-3-4-5-8-18-34-20-14-12-19(13-15-20)26-23-24(21-10-6-7-11-22(21)31)28-29-25(23)27(32)30(26)16-9-17-33-2/h6-7,10-15,26,31H,3-5,8-9,16-18H2,1-2H3,(H,28,29). The van der Waals surface area contributed by atoms with Gasteiger partial charge in [0.15, 0.2) is 0 Å². The van der Waals surface area contributed by atoms with Gasteiger partial charge in [0.2, 0.25) is 0 Å². The molecule has 0 aliphatic carbocycles. The number of hydrogen-bond acceptors (Lipinski definition) is 5. The van der Waals surface area contributed by atoms with Crippen LogP contribution in [0.2, 0.25) is 0 Å². The number of methoxy groups -OCH3 is 1. The minimum atomic E-state index is -0.314. The van der Waals surface area contributed by atoms with Gasteiger partial charge in [-0.3, -0.25) is 9.89 Å². The van der Waals surface area contributed by atoms with Gasteiger partial charge in [0, 0.05) is 31.4 Å². The number of unbranched alkanes of at least 4 members (excludes halogenated alkanes) is 3. The van der Waals surface area contributed by atoms with Crippen molar-refractivity contribution in [2.24, 2.45) is 0 Å². The van der Waals surface area contributed by atoms with Crippen molar-refractivity contribution in [2.45, 2.75) is 45.1 Å². The van der Waals surface area contributed by atoms with Crippen LogP contribution < -0.4 is 4.74 Å². The summed E-state index contributed by atoms with van der Waals surface area (Å²) < 4.78 is 11.1. The molecule has 3 aromatic rings. The van der Waals surface area contributed by atoms with Gasteiger partial charge in [-0.2, -0.15) is 5.10 Å². The molecule has 7 heteroatoms. The Bertz CT molecular complexity index is 1090. The molecule has 1 unspecified atom stereocenters. The fourth-order valence-electron chi connectivity index (χ4n) is 4.50. The molecule has 4 rings (SSSR count). The number of para-hydroxylation sites is 1. The van der Waals surface area contributed by atoms with E-state index in [9.17, 15) is 9.90 Å². The number of fused-ring (bicyclic) bond motifs is 1. The van der Waals surface area contributed by atoms with Crippen LogP contribution >= 0.6 is 0 Å². The van der Waals surface area contributed by atoms with Gasteiger partial charge in [-0.15, -0.1) is 0 Å². The predicted octanol–water partition coefficient (Wildman–Crippen LogP) is 5.32. The van der Waals surface area contributed by atoms with Crippen molar-refractivity contribution in [3.05, 3.63) is 65.4 Å². The number of phenolic OH excluding ortho intramolecular Hbond substituents is 1. The van der Waals surface area contributed by atoms with Crippen molar-refractivity contribution in [3.8, 4) is 22.8 Å². The predicted molar refractivity (Wildman–Crippen MR) is 131 cm³/mol. The number of carbonyl (C=O) groups is 1. The third-order valence-corrected chi connectivity index (χ3v) is 6.23. The van der Waals surface area contributed by atoms with Crippen LogP contribution in [0.1, 0.15) is 66.7 Å². The first kappa shape index (κ1) is 23.8. The second kappa shape index (κ2) is 11.2. The molecule has 0 fully saturated rings. The number of aromatic nitrogens is 2. The first-order valence-electron chi connectivity index (χ1n) is 12.0. The zero-order valence-electron chi connectivity index (χ0n) is 19.9. The molecule has 34 heavy (non-hydrogen) atoms. The number of phenols is 1. The number of H-pyrrole nitrogens is 1. The lowest BCUT2D eigenvalue weighted by molar-refractivity contribution is 0.0723. The highest BCUT2D eigenvalue weighted by atomic mass is 16.5. The number of amides is 1. The number of nitrogens with one attached hydrogen (secondary N) is 1. The molecule has 1 amide bonds. The van der Waals surface area contributed by atoms with Crippen molar-refractivity contribution in [3.63, 3.8) is 0 Å². The average Bonchev–Trinajstić information content (AvgIpc) is 3.39. The third-order valence-electron chi connectivity index (χ3n) is 6.23. The highest BCUT2D eigenvalue weighted by Crippen LogP contribution is 2.44. The normalized spacial score (nSPS) is 15.1. The van der Waals surface area contributed by atoms with Gasteiger partial charge in [0.05, 0.1) is 12.6 Å². The number of carbonyl (C=O) groups excluding carboxylic acids is 1. The summed E-state index contributed by atoms with van der Waals surface area (Å²) in [6.45, 7) is 4.02. The number of aromatic hydroxyl groups is 1. The molecular formula is C27H33N3O4. The Balaban J connectivity index is 1.63. The van der Waals surface area contributed by atoms with E-state index in [0.717, 1.165) is 29.7 Å². The number of ether oxygens (including phenoxy) is 2. The van der Waals surface area contributed by atoms with Gasteiger partial charge in [-0.1, -0.05) is 50.5 Å². The summed E-state index contributed by atoms with van der Waals surface area (Å²) in [4.78, 5) is 15.2. The Hall–Kier alpha value is -3.32.